The van der Waals surface area contributed by atoms with Gasteiger partial charge in [-0.25, -0.2) is 4.79 Å². The first-order chi connectivity index (χ1) is 16.0. The second-order valence-electron chi connectivity index (χ2n) is 7.92. The maximum absolute atomic E-state index is 12.2. The Morgan fingerprint density at radius 1 is 0.939 bits per heavy atom. The van der Waals surface area contributed by atoms with Crippen LogP contribution in [0.15, 0.2) is 78.9 Å². The maximum atomic E-state index is 12.2. The number of ether oxygens (including phenoxy) is 1. The molecule has 0 radical (unpaired) electrons. The highest BCUT2D eigenvalue weighted by atomic mass is 16.5. The van der Waals surface area contributed by atoms with Crippen LogP contribution in [0.4, 0.5) is 16.2 Å². The van der Waals surface area contributed by atoms with E-state index in [1.165, 1.54) is 0 Å². The molecule has 0 bridgehead atoms. The second-order valence-corrected chi connectivity index (χ2v) is 7.92. The van der Waals surface area contributed by atoms with E-state index in [-0.39, 0.29) is 25.3 Å². The topological polar surface area (TPSA) is 103 Å². The van der Waals surface area contributed by atoms with Gasteiger partial charge < -0.3 is 30.9 Å². The van der Waals surface area contributed by atoms with Crippen LogP contribution < -0.4 is 20.7 Å². The van der Waals surface area contributed by atoms with E-state index in [0.717, 1.165) is 16.8 Å². The minimum absolute atomic E-state index is 0.0643. The zero-order chi connectivity index (χ0) is 23.5. The third-order valence-electron chi connectivity index (χ3n) is 5.02. The molecular formula is C26H31N3O4. The fourth-order valence-electron chi connectivity index (χ4n) is 3.30. The number of anilines is 2. The molecule has 0 saturated carbocycles. The van der Waals surface area contributed by atoms with E-state index in [1.54, 1.807) is 0 Å². The molecule has 7 heteroatoms. The Bertz CT molecular complexity index is 996. The molecule has 3 rings (SSSR count). The normalized spacial score (nSPS) is 12.6. The summed E-state index contributed by atoms with van der Waals surface area (Å²) >= 11 is 0. The first-order valence-corrected chi connectivity index (χ1v) is 11.0. The Morgan fingerprint density at radius 2 is 1.67 bits per heavy atom. The van der Waals surface area contributed by atoms with Crippen molar-refractivity contribution in [2.75, 3.05) is 30.4 Å². The van der Waals surface area contributed by atoms with Crippen LogP contribution in [0.5, 0.6) is 5.75 Å². The lowest BCUT2D eigenvalue weighted by Gasteiger charge is -2.19. The van der Waals surface area contributed by atoms with E-state index in [1.807, 2.05) is 85.8 Å². The van der Waals surface area contributed by atoms with Crippen molar-refractivity contribution in [3.63, 3.8) is 0 Å². The van der Waals surface area contributed by atoms with Gasteiger partial charge in [0.1, 0.15) is 18.5 Å². The predicted octanol–water partition coefficient (Wildman–Crippen LogP) is 3.57. The number of aliphatic hydroxyl groups is 2. The largest absolute Gasteiger partial charge is 0.491 e. The van der Waals surface area contributed by atoms with Gasteiger partial charge in [-0.15, -0.1) is 0 Å². The van der Waals surface area contributed by atoms with Gasteiger partial charge in [0.25, 0.3) is 0 Å². The lowest BCUT2D eigenvalue weighted by molar-refractivity contribution is 0.0997. The summed E-state index contributed by atoms with van der Waals surface area (Å²) in [5, 5.41) is 28.6. The summed E-state index contributed by atoms with van der Waals surface area (Å²) in [5.41, 5.74) is 3.48. The number of aryl methyl sites for hydroxylation is 1. The highest BCUT2D eigenvalue weighted by molar-refractivity contribution is 5.99. The van der Waals surface area contributed by atoms with E-state index < -0.39 is 6.10 Å². The van der Waals surface area contributed by atoms with Crippen molar-refractivity contribution in [1.82, 2.24) is 5.32 Å². The summed E-state index contributed by atoms with van der Waals surface area (Å²) < 4.78 is 5.55. The first kappa shape index (κ1) is 24.3. The number of aliphatic hydroxyl groups excluding tert-OH is 2. The third-order valence-corrected chi connectivity index (χ3v) is 5.02. The number of para-hydroxylation sites is 1. The van der Waals surface area contributed by atoms with Crippen molar-refractivity contribution in [2.45, 2.75) is 25.5 Å². The van der Waals surface area contributed by atoms with Gasteiger partial charge in [-0.3, -0.25) is 0 Å². The Morgan fingerprint density at radius 3 is 2.36 bits per heavy atom. The van der Waals surface area contributed by atoms with Crippen molar-refractivity contribution < 1.29 is 19.7 Å². The van der Waals surface area contributed by atoms with Crippen LogP contribution in [0.1, 0.15) is 11.1 Å². The molecule has 0 aliphatic carbocycles. The number of carbonyl (C=O) groups is 1. The highest BCUT2D eigenvalue weighted by Gasteiger charge is 2.12. The summed E-state index contributed by atoms with van der Waals surface area (Å²) in [6, 6.07) is 23.8. The van der Waals surface area contributed by atoms with E-state index in [0.29, 0.717) is 24.4 Å². The number of rotatable bonds is 11. The van der Waals surface area contributed by atoms with Gasteiger partial charge in [-0.1, -0.05) is 42.5 Å². The van der Waals surface area contributed by atoms with Gasteiger partial charge in [0.15, 0.2) is 0 Å². The molecule has 0 fully saturated rings. The van der Waals surface area contributed by atoms with E-state index in [9.17, 15) is 15.0 Å². The van der Waals surface area contributed by atoms with Crippen molar-refractivity contribution in [3.8, 4) is 5.75 Å². The lowest BCUT2D eigenvalue weighted by atomic mass is 10.1. The monoisotopic (exact) mass is 449 g/mol. The van der Waals surface area contributed by atoms with Crippen LogP contribution in [0, 0.1) is 6.92 Å². The Hall–Kier alpha value is -3.39. The molecule has 0 spiro atoms. The van der Waals surface area contributed by atoms with Crippen molar-refractivity contribution in [1.29, 1.82) is 0 Å². The van der Waals surface area contributed by atoms with E-state index in [2.05, 4.69) is 16.0 Å². The molecule has 0 aromatic heterocycles. The van der Waals surface area contributed by atoms with Crippen LogP contribution in [0.25, 0.3) is 0 Å². The van der Waals surface area contributed by atoms with Gasteiger partial charge in [0.2, 0.25) is 0 Å². The predicted molar refractivity (Wildman–Crippen MR) is 131 cm³/mol. The number of hydrogen-bond acceptors (Lipinski definition) is 5. The second kappa shape index (κ2) is 12.6. The molecule has 0 aliphatic heterocycles. The number of urea groups is 1. The van der Waals surface area contributed by atoms with Gasteiger partial charge >= 0.3 is 6.03 Å². The van der Waals surface area contributed by atoms with Crippen LogP contribution in [0.2, 0.25) is 0 Å². The Balaban J connectivity index is 1.42. The average molecular weight is 450 g/mol. The fraction of sp³-hybridized carbons (Fsp3) is 0.269. The smallest absolute Gasteiger partial charge is 0.323 e. The van der Waals surface area contributed by atoms with Gasteiger partial charge in [0.05, 0.1) is 6.61 Å². The molecule has 5 N–H and O–H groups in total. The molecule has 33 heavy (non-hydrogen) atoms. The summed E-state index contributed by atoms with van der Waals surface area (Å²) in [6.45, 7) is 2.37. The molecule has 3 aromatic rings. The standard InChI is InChI=1S/C26H31N3O4/c1-19-6-5-7-22(14-19)29-26(32)28-21-12-10-20(11-13-21)15-23(17-30)27-16-24(31)18-33-25-8-3-2-4-9-25/h2-14,23-24,27,30-31H,15-18H2,1H3,(H2,28,29,32)/t23-,24-/m0/s1. The van der Waals surface area contributed by atoms with Gasteiger partial charge in [0, 0.05) is 24.0 Å². The maximum Gasteiger partial charge on any atom is 0.323 e. The van der Waals surface area contributed by atoms with Crippen molar-refractivity contribution >= 4 is 17.4 Å². The molecule has 0 heterocycles. The zero-order valence-electron chi connectivity index (χ0n) is 18.7. The van der Waals surface area contributed by atoms with E-state index >= 15 is 0 Å². The molecule has 0 saturated heterocycles. The molecule has 2 amide bonds. The van der Waals surface area contributed by atoms with E-state index in [4.69, 9.17) is 4.74 Å². The summed E-state index contributed by atoms with van der Waals surface area (Å²) in [4.78, 5) is 12.2. The minimum atomic E-state index is -0.697. The molecule has 0 aliphatic rings. The Kier molecular flexibility index (Phi) is 9.26. The number of benzene rings is 3. The molecule has 3 aromatic carbocycles. The Labute approximate surface area is 194 Å². The highest BCUT2D eigenvalue weighted by Crippen LogP contribution is 2.14. The molecule has 7 nitrogen and oxygen atoms in total. The average Bonchev–Trinajstić information content (AvgIpc) is 2.82. The number of hydrogen-bond donors (Lipinski definition) is 5. The molecule has 2 atom stereocenters. The summed E-state index contributed by atoms with van der Waals surface area (Å²) in [5.74, 6) is 0.705. The number of amides is 2. The number of nitrogens with one attached hydrogen (secondary N) is 3. The third kappa shape index (κ3) is 8.57. The molecular weight excluding hydrogens is 418 g/mol. The molecule has 174 valence electrons. The minimum Gasteiger partial charge on any atom is -0.491 e. The summed E-state index contributed by atoms with van der Waals surface area (Å²) in [7, 11) is 0. The van der Waals surface area contributed by atoms with Crippen LogP contribution in [-0.4, -0.2) is 48.1 Å². The van der Waals surface area contributed by atoms with Crippen LogP contribution >= 0.6 is 0 Å². The van der Waals surface area contributed by atoms with Crippen LogP contribution in [0.3, 0.4) is 0 Å². The first-order valence-electron chi connectivity index (χ1n) is 11.0. The summed E-state index contributed by atoms with van der Waals surface area (Å²) in [6.07, 6.45) is -0.115. The van der Waals surface area contributed by atoms with Crippen molar-refractivity contribution in [2.24, 2.45) is 0 Å². The van der Waals surface area contributed by atoms with Crippen molar-refractivity contribution in [3.05, 3.63) is 90.0 Å². The zero-order valence-corrected chi connectivity index (χ0v) is 18.7. The van der Waals surface area contributed by atoms with Gasteiger partial charge in [-0.05, 0) is 60.9 Å². The quantitative estimate of drug-likeness (QED) is 0.308. The van der Waals surface area contributed by atoms with Crippen LogP contribution in [-0.2, 0) is 6.42 Å². The fourth-order valence-corrected chi connectivity index (χ4v) is 3.30. The molecule has 0 unspecified atom stereocenters. The van der Waals surface area contributed by atoms with Gasteiger partial charge in [-0.2, -0.15) is 0 Å². The number of carbonyl (C=O) groups excluding carboxylic acids is 1. The lowest BCUT2D eigenvalue weighted by Crippen LogP contribution is -2.41. The SMILES string of the molecule is Cc1cccc(NC(=O)Nc2ccc(C[C@@H](CO)NC[C@H](O)COc3ccccc3)cc2)c1.